The van der Waals surface area contributed by atoms with Crippen molar-refractivity contribution < 1.29 is 27.7 Å². The summed E-state index contributed by atoms with van der Waals surface area (Å²) in [6.45, 7) is 5.15. The molecule has 1 aromatic heterocycles. The molecule has 182 valence electrons. The van der Waals surface area contributed by atoms with Gasteiger partial charge in [0.05, 0.1) is 10.6 Å². The minimum absolute atomic E-state index is 0.0562. The van der Waals surface area contributed by atoms with E-state index in [-0.39, 0.29) is 4.90 Å². The highest BCUT2D eigenvalue weighted by molar-refractivity contribution is 9.10. The average molecular weight is 570 g/mol. The standard InChI is InChI=1S/C22H24BrN3O6S2/c1-14-12-16(25-32-14)13-33-22(2,3)20(21(27)24-28)26-34(29,30)19-10-8-18(9-11-19)31-17-6-4-15(23)5-7-17/h4-12,20,26,28H,13H2,1-3H3,(H,24,27). The summed E-state index contributed by atoms with van der Waals surface area (Å²) in [5.74, 6) is 1.19. The minimum Gasteiger partial charge on any atom is -0.457 e. The maximum atomic E-state index is 13.0. The van der Waals surface area contributed by atoms with Crippen molar-refractivity contribution in [3.8, 4) is 11.5 Å². The zero-order valence-corrected chi connectivity index (χ0v) is 21.8. The number of carbonyl (C=O) groups excluding carboxylic acids is 1. The first-order valence-electron chi connectivity index (χ1n) is 10.1. The summed E-state index contributed by atoms with van der Waals surface area (Å²) in [5.41, 5.74) is 2.21. The predicted molar refractivity (Wildman–Crippen MR) is 131 cm³/mol. The van der Waals surface area contributed by atoms with Gasteiger partial charge in [0.2, 0.25) is 10.0 Å². The van der Waals surface area contributed by atoms with Crippen LogP contribution in [0, 0.1) is 6.92 Å². The molecular weight excluding hydrogens is 546 g/mol. The van der Waals surface area contributed by atoms with Crippen molar-refractivity contribution in [2.45, 2.75) is 42.2 Å². The lowest BCUT2D eigenvalue weighted by Gasteiger charge is -2.32. The van der Waals surface area contributed by atoms with Gasteiger partial charge >= 0.3 is 0 Å². The Morgan fingerprint density at radius 2 is 1.76 bits per heavy atom. The first kappa shape index (κ1) is 26.2. The van der Waals surface area contributed by atoms with E-state index >= 15 is 0 Å². The van der Waals surface area contributed by atoms with E-state index in [1.54, 1.807) is 44.5 Å². The van der Waals surface area contributed by atoms with Crippen molar-refractivity contribution in [3.05, 3.63) is 70.5 Å². The number of hydroxylamine groups is 1. The quantitative estimate of drug-likeness (QED) is 0.242. The lowest BCUT2D eigenvalue weighted by atomic mass is 10.0. The zero-order chi connectivity index (χ0) is 24.9. The van der Waals surface area contributed by atoms with Gasteiger partial charge < -0.3 is 9.26 Å². The fourth-order valence-electron chi connectivity index (χ4n) is 2.95. The Hall–Kier alpha value is -2.38. The van der Waals surface area contributed by atoms with Crippen molar-refractivity contribution in [2.24, 2.45) is 0 Å². The third-order valence-electron chi connectivity index (χ3n) is 4.79. The third kappa shape index (κ3) is 6.83. The number of amides is 1. The van der Waals surface area contributed by atoms with Gasteiger partial charge in [-0.3, -0.25) is 10.0 Å². The first-order chi connectivity index (χ1) is 16.0. The number of ether oxygens (including phenoxy) is 1. The van der Waals surface area contributed by atoms with Crippen molar-refractivity contribution in [1.29, 1.82) is 0 Å². The molecule has 0 spiro atoms. The van der Waals surface area contributed by atoms with E-state index in [1.807, 2.05) is 12.1 Å². The van der Waals surface area contributed by atoms with Gasteiger partial charge in [0.1, 0.15) is 23.3 Å². The number of sulfonamides is 1. The summed E-state index contributed by atoms with van der Waals surface area (Å²) < 4.78 is 39.2. The molecule has 1 amide bonds. The lowest BCUT2D eigenvalue weighted by molar-refractivity contribution is -0.131. The van der Waals surface area contributed by atoms with Crippen molar-refractivity contribution in [2.75, 3.05) is 0 Å². The Morgan fingerprint density at radius 1 is 1.18 bits per heavy atom. The Balaban J connectivity index is 1.74. The molecule has 3 N–H and O–H groups in total. The summed E-state index contributed by atoms with van der Waals surface area (Å²) >= 11 is 4.64. The molecule has 34 heavy (non-hydrogen) atoms. The lowest BCUT2D eigenvalue weighted by Crippen LogP contribution is -2.55. The highest BCUT2D eigenvalue weighted by Gasteiger charge is 2.39. The molecule has 12 heteroatoms. The van der Waals surface area contributed by atoms with Crippen LogP contribution in [0.15, 0.2) is 68.5 Å². The van der Waals surface area contributed by atoms with E-state index in [2.05, 4.69) is 25.8 Å². The topological polar surface area (TPSA) is 131 Å². The summed E-state index contributed by atoms with van der Waals surface area (Å²) in [7, 11) is -4.10. The van der Waals surface area contributed by atoms with E-state index in [9.17, 15) is 18.4 Å². The molecule has 0 saturated heterocycles. The van der Waals surface area contributed by atoms with E-state index in [0.29, 0.717) is 28.7 Å². The van der Waals surface area contributed by atoms with Gasteiger partial charge in [0, 0.05) is 21.0 Å². The van der Waals surface area contributed by atoms with Crippen LogP contribution in [-0.2, 0) is 20.6 Å². The van der Waals surface area contributed by atoms with Gasteiger partial charge in [-0.1, -0.05) is 21.1 Å². The number of benzene rings is 2. The Labute approximate surface area is 210 Å². The number of aryl methyl sites for hydroxylation is 1. The molecule has 3 aromatic rings. The number of hydrogen-bond donors (Lipinski definition) is 3. The van der Waals surface area contributed by atoms with Crippen LogP contribution in [0.4, 0.5) is 0 Å². The van der Waals surface area contributed by atoms with Crippen LogP contribution in [0.2, 0.25) is 0 Å². The van der Waals surface area contributed by atoms with Gasteiger partial charge in [-0.2, -0.15) is 4.72 Å². The molecule has 0 fully saturated rings. The van der Waals surface area contributed by atoms with Gasteiger partial charge in [0.15, 0.2) is 0 Å². The van der Waals surface area contributed by atoms with Crippen LogP contribution in [0.5, 0.6) is 11.5 Å². The van der Waals surface area contributed by atoms with E-state index in [0.717, 1.165) is 4.47 Å². The Morgan fingerprint density at radius 3 is 2.29 bits per heavy atom. The smallest absolute Gasteiger partial charge is 0.262 e. The molecule has 1 atom stereocenters. The molecule has 0 aliphatic carbocycles. The fourth-order valence-corrected chi connectivity index (χ4v) is 5.62. The molecule has 9 nitrogen and oxygen atoms in total. The van der Waals surface area contributed by atoms with Gasteiger partial charge in [0.25, 0.3) is 5.91 Å². The molecule has 0 aliphatic rings. The molecule has 0 bridgehead atoms. The van der Waals surface area contributed by atoms with Crippen molar-refractivity contribution in [3.63, 3.8) is 0 Å². The van der Waals surface area contributed by atoms with Crippen LogP contribution in [-0.4, -0.2) is 35.5 Å². The second-order valence-electron chi connectivity index (χ2n) is 7.88. The second-order valence-corrected chi connectivity index (χ2v) is 12.1. The largest absolute Gasteiger partial charge is 0.457 e. The van der Waals surface area contributed by atoms with Crippen molar-refractivity contribution in [1.82, 2.24) is 15.4 Å². The first-order valence-corrected chi connectivity index (χ1v) is 13.3. The monoisotopic (exact) mass is 569 g/mol. The number of hydrogen-bond acceptors (Lipinski definition) is 8. The molecule has 3 rings (SSSR count). The predicted octanol–water partition coefficient (Wildman–Crippen LogP) is 4.40. The summed E-state index contributed by atoms with van der Waals surface area (Å²) in [6, 6.07) is 13.5. The number of nitrogens with zero attached hydrogens (tertiary/aromatic N) is 1. The number of nitrogens with one attached hydrogen (secondary N) is 2. The van der Waals surface area contributed by atoms with Gasteiger partial charge in [-0.05, 0) is 69.3 Å². The number of carbonyl (C=O) groups is 1. The van der Waals surface area contributed by atoms with Crippen LogP contribution in [0.3, 0.4) is 0 Å². The molecule has 2 aromatic carbocycles. The van der Waals surface area contributed by atoms with Crippen LogP contribution in [0.25, 0.3) is 0 Å². The number of thioether (sulfide) groups is 1. The number of aromatic nitrogens is 1. The Bertz CT molecular complexity index is 1230. The molecule has 1 heterocycles. The fraction of sp³-hybridized carbons (Fsp3) is 0.273. The van der Waals surface area contributed by atoms with Crippen LogP contribution in [0.1, 0.15) is 25.3 Å². The summed E-state index contributed by atoms with van der Waals surface area (Å²) in [6.07, 6.45) is 0. The van der Waals surface area contributed by atoms with Crippen molar-refractivity contribution >= 4 is 43.6 Å². The normalized spacial score (nSPS) is 12.9. The zero-order valence-electron chi connectivity index (χ0n) is 18.6. The minimum atomic E-state index is -4.10. The molecule has 0 aliphatic heterocycles. The van der Waals surface area contributed by atoms with Crippen LogP contribution < -0.4 is 14.9 Å². The van der Waals surface area contributed by atoms with Gasteiger partial charge in [-0.25, -0.2) is 13.9 Å². The molecule has 0 radical (unpaired) electrons. The molecule has 1 unspecified atom stereocenters. The number of rotatable bonds is 10. The van der Waals surface area contributed by atoms with E-state index < -0.39 is 26.7 Å². The maximum Gasteiger partial charge on any atom is 0.262 e. The van der Waals surface area contributed by atoms with Gasteiger partial charge in [-0.15, -0.1) is 11.8 Å². The van der Waals surface area contributed by atoms with Crippen LogP contribution >= 0.6 is 27.7 Å². The number of halogens is 1. The summed E-state index contributed by atoms with van der Waals surface area (Å²) in [4.78, 5) is 12.3. The average Bonchev–Trinajstić information content (AvgIpc) is 3.23. The molecule has 0 saturated carbocycles. The maximum absolute atomic E-state index is 13.0. The SMILES string of the molecule is Cc1cc(CSC(C)(C)C(NS(=O)(=O)c2ccc(Oc3ccc(Br)cc3)cc2)C(=O)NO)no1. The highest BCUT2D eigenvalue weighted by atomic mass is 79.9. The van der Waals surface area contributed by atoms with E-state index in [1.165, 1.54) is 36.0 Å². The molecular formula is C22H24BrN3O6S2. The Kier molecular flexibility index (Phi) is 8.42. The summed E-state index contributed by atoms with van der Waals surface area (Å²) in [5, 5.41) is 13.1. The highest BCUT2D eigenvalue weighted by Crippen LogP contribution is 2.32. The third-order valence-corrected chi connectivity index (χ3v) is 8.18. The second kappa shape index (κ2) is 10.9. The van der Waals surface area contributed by atoms with E-state index in [4.69, 9.17) is 9.26 Å².